The third kappa shape index (κ3) is 4.65. The number of rotatable bonds is 6. The number of ether oxygens (including phenoxy) is 1. The van der Waals surface area contributed by atoms with Gasteiger partial charge in [0, 0.05) is 5.56 Å². The summed E-state index contributed by atoms with van der Waals surface area (Å²) < 4.78 is 29.3. The Morgan fingerprint density at radius 3 is 2.28 bits per heavy atom. The summed E-state index contributed by atoms with van der Waals surface area (Å²) in [6.45, 7) is 3.65. The average molecular weight is 362 g/mol. The molecule has 0 aromatic heterocycles. The minimum atomic E-state index is -3.96. The van der Waals surface area contributed by atoms with Crippen LogP contribution in [-0.2, 0) is 14.8 Å². The molecule has 7 nitrogen and oxygen atoms in total. The Kier molecular flexibility index (Phi) is 5.89. The molecule has 0 radical (unpaired) electrons. The van der Waals surface area contributed by atoms with Crippen LogP contribution in [0.4, 0.5) is 0 Å². The zero-order valence-corrected chi connectivity index (χ0v) is 14.6. The lowest BCUT2D eigenvalue weighted by Gasteiger charge is -2.10. The average Bonchev–Trinajstić information content (AvgIpc) is 2.60. The molecule has 0 bridgehead atoms. The van der Waals surface area contributed by atoms with Crippen molar-refractivity contribution in [3.63, 3.8) is 0 Å². The van der Waals surface area contributed by atoms with Crippen molar-refractivity contribution in [3.05, 3.63) is 65.2 Å². The van der Waals surface area contributed by atoms with E-state index >= 15 is 0 Å². The molecular formula is C17H18N2O5S. The molecule has 0 aliphatic rings. The van der Waals surface area contributed by atoms with Crippen molar-refractivity contribution >= 4 is 21.9 Å². The first-order chi connectivity index (χ1) is 11.8. The first-order valence-electron chi connectivity index (χ1n) is 7.50. The fourth-order valence-corrected chi connectivity index (χ4v) is 2.89. The van der Waals surface area contributed by atoms with Crippen LogP contribution in [-0.4, -0.2) is 26.9 Å². The number of hydrogen-bond acceptors (Lipinski definition) is 5. The van der Waals surface area contributed by atoms with E-state index in [1.54, 1.807) is 38.1 Å². The molecule has 0 aliphatic heterocycles. The largest absolute Gasteiger partial charge is 0.462 e. The predicted octanol–water partition coefficient (Wildman–Crippen LogP) is 1.80. The van der Waals surface area contributed by atoms with Crippen molar-refractivity contribution in [1.29, 1.82) is 0 Å². The van der Waals surface area contributed by atoms with Crippen molar-refractivity contribution < 1.29 is 22.7 Å². The summed E-state index contributed by atoms with van der Waals surface area (Å²) in [5.41, 5.74) is 3.49. The Labute approximate surface area is 146 Å². The fourth-order valence-electron chi connectivity index (χ4n) is 2.05. The minimum absolute atomic E-state index is 0.0920. The molecule has 0 spiro atoms. The normalized spacial score (nSPS) is 11.0. The van der Waals surface area contributed by atoms with Gasteiger partial charge in [0.25, 0.3) is 15.9 Å². The molecule has 25 heavy (non-hydrogen) atoms. The molecule has 2 aromatic carbocycles. The molecule has 132 valence electrons. The number of hydrogen-bond donors (Lipinski definition) is 2. The van der Waals surface area contributed by atoms with Crippen LogP contribution < -0.4 is 10.3 Å². The van der Waals surface area contributed by atoms with E-state index in [1.807, 2.05) is 4.83 Å². The third-order valence-corrected chi connectivity index (χ3v) is 4.63. The summed E-state index contributed by atoms with van der Waals surface area (Å²) >= 11 is 0. The van der Waals surface area contributed by atoms with Gasteiger partial charge in [-0.05, 0) is 49.7 Å². The second-order valence-corrected chi connectivity index (χ2v) is 6.80. The lowest BCUT2D eigenvalue weighted by molar-refractivity contribution is 0.0526. The van der Waals surface area contributed by atoms with E-state index in [9.17, 15) is 18.0 Å². The molecule has 0 saturated carbocycles. The van der Waals surface area contributed by atoms with Gasteiger partial charge in [-0.2, -0.15) is 0 Å². The number of carbonyl (C=O) groups excluding carboxylic acids is 2. The van der Waals surface area contributed by atoms with Gasteiger partial charge in [-0.3, -0.25) is 10.2 Å². The number of hydrazine groups is 1. The number of nitrogens with one attached hydrogen (secondary N) is 2. The standard InChI is InChI=1S/C17H18N2O5S/c1-3-24-17(21)13-8-10-14(11-9-13)25(22,23)19-18-16(20)15-7-5-4-6-12(15)2/h4-11,19H,3H2,1-2H3,(H,18,20). The van der Waals surface area contributed by atoms with E-state index in [-0.39, 0.29) is 17.1 Å². The Morgan fingerprint density at radius 1 is 1.04 bits per heavy atom. The summed E-state index contributed by atoms with van der Waals surface area (Å²) in [7, 11) is -3.96. The minimum Gasteiger partial charge on any atom is -0.462 e. The van der Waals surface area contributed by atoms with E-state index in [1.165, 1.54) is 24.3 Å². The van der Waals surface area contributed by atoms with E-state index in [0.29, 0.717) is 5.56 Å². The van der Waals surface area contributed by atoms with Gasteiger partial charge >= 0.3 is 5.97 Å². The highest BCUT2D eigenvalue weighted by Gasteiger charge is 2.17. The molecule has 8 heteroatoms. The fraction of sp³-hybridized carbons (Fsp3) is 0.176. The van der Waals surface area contributed by atoms with E-state index < -0.39 is 21.9 Å². The number of sulfonamides is 1. The molecule has 2 aromatic rings. The van der Waals surface area contributed by atoms with Crippen LogP contribution in [0, 0.1) is 6.92 Å². The highest BCUT2D eigenvalue weighted by Crippen LogP contribution is 2.11. The highest BCUT2D eigenvalue weighted by atomic mass is 32.2. The molecule has 2 N–H and O–H groups in total. The van der Waals surface area contributed by atoms with Gasteiger partial charge in [-0.15, -0.1) is 4.83 Å². The highest BCUT2D eigenvalue weighted by molar-refractivity contribution is 7.89. The van der Waals surface area contributed by atoms with Crippen LogP contribution in [0.5, 0.6) is 0 Å². The van der Waals surface area contributed by atoms with Crippen LogP contribution in [0.25, 0.3) is 0 Å². The lowest BCUT2D eigenvalue weighted by atomic mass is 10.1. The van der Waals surface area contributed by atoms with E-state index in [2.05, 4.69) is 5.43 Å². The number of amides is 1. The third-order valence-electron chi connectivity index (χ3n) is 3.36. The molecule has 0 fully saturated rings. The maximum absolute atomic E-state index is 12.2. The van der Waals surface area contributed by atoms with Crippen LogP contribution in [0.1, 0.15) is 33.2 Å². The maximum atomic E-state index is 12.2. The van der Waals surface area contributed by atoms with Crippen LogP contribution in [0.2, 0.25) is 0 Å². The predicted molar refractivity (Wildman–Crippen MR) is 91.4 cm³/mol. The Morgan fingerprint density at radius 2 is 1.68 bits per heavy atom. The van der Waals surface area contributed by atoms with Crippen molar-refractivity contribution in [3.8, 4) is 0 Å². The van der Waals surface area contributed by atoms with Gasteiger partial charge in [0.1, 0.15) is 0 Å². The molecule has 0 unspecified atom stereocenters. The molecule has 2 rings (SSSR count). The molecule has 0 saturated heterocycles. The number of esters is 1. The Hall–Kier alpha value is -2.71. The van der Waals surface area contributed by atoms with Crippen molar-refractivity contribution in [2.45, 2.75) is 18.7 Å². The van der Waals surface area contributed by atoms with Crippen LogP contribution >= 0.6 is 0 Å². The zero-order valence-electron chi connectivity index (χ0n) is 13.8. The molecule has 0 atom stereocenters. The molecule has 1 amide bonds. The second kappa shape index (κ2) is 7.91. The summed E-state index contributed by atoms with van der Waals surface area (Å²) in [5.74, 6) is -1.10. The van der Waals surface area contributed by atoms with E-state index in [4.69, 9.17) is 4.74 Å². The van der Waals surface area contributed by atoms with E-state index in [0.717, 1.165) is 5.56 Å². The van der Waals surface area contributed by atoms with Gasteiger partial charge in [0.05, 0.1) is 17.1 Å². The Balaban J connectivity index is 2.08. The van der Waals surface area contributed by atoms with Crippen molar-refractivity contribution in [1.82, 2.24) is 10.3 Å². The first kappa shape index (κ1) is 18.6. The van der Waals surface area contributed by atoms with Gasteiger partial charge in [-0.25, -0.2) is 13.2 Å². The monoisotopic (exact) mass is 362 g/mol. The molecule has 0 heterocycles. The smallest absolute Gasteiger partial charge is 0.338 e. The van der Waals surface area contributed by atoms with Gasteiger partial charge < -0.3 is 4.74 Å². The maximum Gasteiger partial charge on any atom is 0.338 e. The van der Waals surface area contributed by atoms with Crippen molar-refractivity contribution in [2.75, 3.05) is 6.61 Å². The lowest BCUT2D eigenvalue weighted by Crippen LogP contribution is -2.41. The van der Waals surface area contributed by atoms with Crippen LogP contribution in [0.15, 0.2) is 53.4 Å². The Bertz CT molecular complexity index is 876. The van der Waals surface area contributed by atoms with Crippen molar-refractivity contribution in [2.24, 2.45) is 0 Å². The van der Waals surface area contributed by atoms with Crippen LogP contribution in [0.3, 0.4) is 0 Å². The molecule has 0 aliphatic carbocycles. The van der Waals surface area contributed by atoms with Gasteiger partial charge in [-0.1, -0.05) is 18.2 Å². The SMILES string of the molecule is CCOC(=O)c1ccc(S(=O)(=O)NNC(=O)c2ccccc2C)cc1. The number of carbonyl (C=O) groups is 2. The van der Waals surface area contributed by atoms with Gasteiger partial charge in [0.15, 0.2) is 0 Å². The summed E-state index contributed by atoms with van der Waals surface area (Å²) in [6, 6.07) is 12.0. The quantitative estimate of drug-likeness (QED) is 0.603. The summed E-state index contributed by atoms with van der Waals surface area (Å²) in [6.07, 6.45) is 0. The van der Waals surface area contributed by atoms with Gasteiger partial charge in [0.2, 0.25) is 0 Å². The summed E-state index contributed by atoms with van der Waals surface area (Å²) in [5, 5.41) is 0. The molecular weight excluding hydrogens is 344 g/mol. The zero-order chi connectivity index (χ0) is 18.4. The number of benzene rings is 2. The topological polar surface area (TPSA) is 102 Å². The number of aryl methyl sites for hydroxylation is 1. The second-order valence-electron chi connectivity index (χ2n) is 5.12. The first-order valence-corrected chi connectivity index (χ1v) is 8.98. The summed E-state index contributed by atoms with van der Waals surface area (Å²) in [4.78, 5) is 25.6.